The summed E-state index contributed by atoms with van der Waals surface area (Å²) in [6.07, 6.45) is 0. The summed E-state index contributed by atoms with van der Waals surface area (Å²) in [5, 5.41) is 6.70. The second-order valence-corrected chi connectivity index (χ2v) is 16.0. The van der Waals surface area contributed by atoms with Gasteiger partial charge >= 0.3 is 0 Å². The molecular formula is C55H37NO2. The van der Waals surface area contributed by atoms with E-state index < -0.39 is 0 Å². The maximum absolute atomic E-state index is 6.79. The number of hydrogen-bond acceptors (Lipinski definition) is 3. The Morgan fingerprint density at radius 3 is 1.78 bits per heavy atom. The van der Waals surface area contributed by atoms with Gasteiger partial charge in [0.1, 0.15) is 22.3 Å². The van der Waals surface area contributed by atoms with E-state index in [-0.39, 0.29) is 5.41 Å². The van der Waals surface area contributed by atoms with Crippen LogP contribution in [0.5, 0.6) is 0 Å². The van der Waals surface area contributed by atoms with Crippen LogP contribution in [0.1, 0.15) is 25.0 Å². The number of anilines is 3. The molecule has 274 valence electrons. The Kier molecular flexibility index (Phi) is 6.98. The Morgan fingerprint density at radius 1 is 0.362 bits per heavy atom. The first-order chi connectivity index (χ1) is 28.5. The van der Waals surface area contributed by atoms with Crippen LogP contribution < -0.4 is 4.90 Å². The maximum Gasteiger partial charge on any atom is 0.143 e. The summed E-state index contributed by atoms with van der Waals surface area (Å²) in [6, 6.07) is 67.6. The minimum Gasteiger partial charge on any atom is -0.456 e. The molecule has 0 saturated heterocycles. The van der Waals surface area contributed by atoms with Gasteiger partial charge < -0.3 is 13.7 Å². The lowest BCUT2D eigenvalue weighted by atomic mass is 9.82. The molecule has 12 rings (SSSR count). The van der Waals surface area contributed by atoms with Gasteiger partial charge in [-0.1, -0.05) is 141 Å². The fourth-order valence-electron chi connectivity index (χ4n) is 9.76. The van der Waals surface area contributed by atoms with Crippen LogP contribution in [0.25, 0.3) is 88.0 Å². The van der Waals surface area contributed by atoms with Gasteiger partial charge in [-0.15, -0.1) is 0 Å². The third kappa shape index (κ3) is 4.74. The van der Waals surface area contributed by atoms with E-state index in [1.807, 2.05) is 12.1 Å². The summed E-state index contributed by atoms with van der Waals surface area (Å²) in [6.45, 7) is 4.68. The van der Waals surface area contributed by atoms with E-state index >= 15 is 0 Å². The van der Waals surface area contributed by atoms with Gasteiger partial charge in [-0.2, -0.15) is 0 Å². The molecule has 2 aromatic heterocycles. The molecule has 9 aromatic carbocycles. The summed E-state index contributed by atoms with van der Waals surface area (Å²) in [7, 11) is 0. The Bertz CT molecular complexity index is 3420. The monoisotopic (exact) mass is 743 g/mol. The molecule has 0 atom stereocenters. The van der Waals surface area contributed by atoms with E-state index in [1.54, 1.807) is 0 Å². The highest BCUT2D eigenvalue weighted by atomic mass is 16.3. The molecule has 0 N–H and O–H groups in total. The summed E-state index contributed by atoms with van der Waals surface area (Å²) >= 11 is 0. The van der Waals surface area contributed by atoms with Crippen LogP contribution in [-0.2, 0) is 5.41 Å². The zero-order valence-electron chi connectivity index (χ0n) is 32.2. The van der Waals surface area contributed by atoms with Crippen molar-refractivity contribution in [3.63, 3.8) is 0 Å². The Morgan fingerprint density at radius 2 is 0.948 bits per heavy atom. The number of hydrogen-bond donors (Lipinski definition) is 0. The molecule has 0 unspecified atom stereocenters. The van der Waals surface area contributed by atoms with Gasteiger partial charge in [0.05, 0.1) is 0 Å². The lowest BCUT2D eigenvalue weighted by molar-refractivity contribution is 0.660. The van der Waals surface area contributed by atoms with Crippen molar-refractivity contribution in [2.24, 2.45) is 0 Å². The highest BCUT2D eigenvalue weighted by Gasteiger charge is 2.35. The molecule has 0 spiro atoms. The van der Waals surface area contributed by atoms with Crippen molar-refractivity contribution in [1.29, 1.82) is 0 Å². The van der Waals surface area contributed by atoms with E-state index in [4.69, 9.17) is 8.83 Å². The van der Waals surface area contributed by atoms with E-state index in [0.29, 0.717) is 0 Å². The molecule has 1 aliphatic carbocycles. The smallest absolute Gasteiger partial charge is 0.143 e. The summed E-state index contributed by atoms with van der Waals surface area (Å²) in [5.41, 5.74) is 16.8. The van der Waals surface area contributed by atoms with Crippen LogP contribution in [0.15, 0.2) is 197 Å². The van der Waals surface area contributed by atoms with E-state index in [1.165, 1.54) is 22.3 Å². The third-order valence-electron chi connectivity index (χ3n) is 12.5. The van der Waals surface area contributed by atoms with Crippen molar-refractivity contribution in [2.45, 2.75) is 19.3 Å². The molecule has 11 aromatic rings. The number of benzene rings is 9. The summed E-state index contributed by atoms with van der Waals surface area (Å²) in [5.74, 6) is 0. The largest absolute Gasteiger partial charge is 0.456 e. The van der Waals surface area contributed by atoms with E-state index in [9.17, 15) is 0 Å². The first-order valence-electron chi connectivity index (χ1n) is 20.0. The van der Waals surface area contributed by atoms with E-state index in [2.05, 4.69) is 195 Å². The molecule has 0 radical (unpaired) electrons. The fraction of sp³-hybridized carbons (Fsp3) is 0.0545. The topological polar surface area (TPSA) is 29.5 Å². The van der Waals surface area contributed by atoms with Crippen LogP contribution in [0.4, 0.5) is 17.1 Å². The Balaban J connectivity index is 1.02. The molecule has 0 saturated carbocycles. The van der Waals surface area contributed by atoms with Crippen LogP contribution in [0.3, 0.4) is 0 Å². The highest BCUT2D eigenvalue weighted by molar-refractivity contribution is 6.24. The van der Waals surface area contributed by atoms with Gasteiger partial charge in [0.25, 0.3) is 0 Å². The van der Waals surface area contributed by atoms with Crippen molar-refractivity contribution < 1.29 is 8.83 Å². The summed E-state index contributed by atoms with van der Waals surface area (Å²) in [4.78, 5) is 2.37. The van der Waals surface area contributed by atoms with Crippen molar-refractivity contribution in [2.75, 3.05) is 4.90 Å². The number of fused-ring (bicyclic) bond motifs is 11. The predicted octanol–water partition coefficient (Wildman–Crippen LogP) is 15.7. The number of nitrogens with zero attached hydrogens (tertiary/aromatic N) is 1. The first kappa shape index (κ1) is 32.8. The number of para-hydroxylation sites is 2. The zero-order valence-corrected chi connectivity index (χ0v) is 32.2. The molecule has 0 amide bonds. The van der Waals surface area contributed by atoms with Crippen LogP contribution in [0, 0.1) is 0 Å². The molecule has 3 nitrogen and oxygen atoms in total. The normalized spacial score (nSPS) is 13.1. The number of rotatable bonds is 5. The van der Waals surface area contributed by atoms with Crippen molar-refractivity contribution >= 4 is 71.7 Å². The molecule has 0 bridgehead atoms. The van der Waals surface area contributed by atoms with Gasteiger partial charge in [0.2, 0.25) is 0 Å². The Hall–Kier alpha value is -7.36. The zero-order chi connectivity index (χ0) is 38.5. The lowest BCUT2D eigenvalue weighted by Crippen LogP contribution is -2.16. The van der Waals surface area contributed by atoms with Gasteiger partial charge in [0.15, 0.2) is 0 Å². The minimum absolute atomic E-state index is 0.0930. The van der Waals surface area contributed by atoms with E-state index in [0.717, 1.165) is 94.0 Å². The third-order valence-corrected chi connectivity index (χ3v) is 12.5. The van der Waals surface area contributed by atoms with Gasteiger partial charge in [0, 0.05) is 49.4 Å². The Labute approximate surface area is 336 Å². The van der Waals surface area contributed by atoms with Crippen LogP contribution in [-0.4, -0.2) is 0 Å². The molecule has 58 heavy (non-hydrogen) atoms. The van der Waals surface area contributed by atoms with Crippen molar-refractivity contribution in [3.8, 4) is 33.4 Å². The molecule has 1 aliphatic rings. The second-order valence-electron chi connectivity index (χ2n) is 16.0. The van der Waals surface area contributed by atoms with Crippen LogP contribution >= 0.6 is 0 Å². The molecule has 0 aliphatic heterocycles. The summed E-state index contributed by atoms with van der Waals surface area (Å²) < 4.78 is 13.1. The lowest BCUT2D eigenvalue weighted by Gasteiger charge is -2.28. The predicted molar refractivity (Wildman–Crippen MR) is 242 cm³/mol. The average Bonchev–Trinajstić information content (AvgIpc) is 3.92. The van der Waals surface area contributed by atoms with Gasteiger partial charge in [-0.25, -0.2) is 0 Å². The number of furan rings is 2. The van der Waals surface area contributed by atoms with Crippen molar-refractivity contribution in [3.05, 3.63) is 199 Å². The SMILES string of the molecule is CC1(C)c2ccccc2-c2ccc(N(c3ccccc3)c3ccc(-c4cccc5oc6c7ccccc7c(-c7cccc8oc9ccccc9c78)cc6c45)cc3)cc21. The maximum atomic E-state index is 6.79. The van der Waals surface area contributed by atoms with Gasteiger partial charge in [-0.05, 0) is 111 Å². The van der Waals surface area contributed by atoms with Gasteiger partial charge in [-0.3, -0.25) is 0 Å². The highest BCUT2D eigenvalue weighted by Crippen LogP contribution is 2.51. The second kappa shape index (κ2) is 12.3. The minimum atomic E-state index is -0.0930. The average molecular weight is 744 g/mol. The first-order valence-corrected chi connectivity index (χ1v) is 20.0. The van der Waals surface area contributed by atoms with Crippen LogP contribution in [0.2, 0.25) is 0 Å². The standard InChI is InChI=1S/C55H37NO2/c1-55(2)47-22-10-8-17-40(47)41-31-30-37(32-48(41)55)56(35-14-4-3-5-15-35)36-28-26-34(27-29-36)38-20-12-25-51-52(38)46-33-45(39-16-6-7-18-43(39)54(46)58-51)42-21-13-24-50-53(42)44-19-9-11-23-49(44)57-50/h3-33H,1-2H3. The quantitative estimate of drug-likeness (QED) is 0.176. The molecule has 2 heterocycles. The van der Waals surface area contributed by atoms with Crippen molar-refractivity contribution in [1.82, 2.24) is 0 Å². The molecule has 3 heteroatoms. The molecule has 0 fully saturated rings. The fourth-order valence-corrected chi connectivity index (χ4v) is 9.76. The molecular weight excluding hydrogens is 707 g/mol.